The molecule has 2 fully saturated rings. The van der Waals surface area contributed by atoms with E-state index in [1.54, 1.807) is 0 Å². The molecule has 0 aliphatic carbocycles. The number of carbonyl (C=O) groups excluding carboxylic acids is 1. The molecule has 174 valence electrons. The van der Waals surface area contributed by atoms with E-state index in [-0.39, 0.29) is 11.9 Å². The number of nitrogens with zero attached hydrogens (tertiary/aromatic N) is 7. The Morgan fingerprint density at radius 1 is 0.939 bits per heavy atom. The smallest absolute Gasteiger partial charge is 0.255 e. The van der Waals surface area contributed by atoms with Gasteiger partial charge in [-0.1, -0.05) is 30.3 Å². The standard InChI is InChI=1S/C25H33N7O/c1-28-11-6-12-31(16-13-28)25(33)21-9-10-23-26-27-24(32(23)18-21)22-19-30(15-14-29(22)2)17-20-7-4-3-5-8-20/h3-5,7-10,18,22H,6,11-17,19H2,1-2H3. The summed E-state index contributed by atoms with van der Waals surface area (Å²) in [6, 6.07) is 14.5. The van der Waals surface area contributed by atoms with Crippen LogP contribution in [0.4, 0.5) is 0 Å². The lowest BCUT2D eigenvalue weighted by molar-refractivity contribution is 0.0761. The predicted molar refractivity (Wildman–Crippen MR) is 128 cm³/mol. The molecule has 2 aromatic heterocycles. The normalized spacial score (nSPS) is 21.4. The maximum Gasteiger partial charge on any atom is 0.255 e. The second kappa shape index (κ2) is 9.59. The van der Waals surface area contributed by atoms with Gasteiger partial charge < -0.3 is 9.80 Å². The number of rotatable bonds is 4. The first kappa shape index (κ1) is 22.0. The summed E-state index contributed by atoms with van der Waals surface area (Å²) in [6.45, 7) is 7.30. The topological polar surface area (TPSA) is 60.2 Å². The Morgan fingerprint density at radius 2 is 1.79 bits per heavy atom. The van der Waals surface area contributed by atoms with E-state index < -0.39 is 0 Å². The van der Waals surface area contributed by atoms with Crippen molar-refractivity contribution in [3.63, 3.8) is 0 Å². The highest BCUT2D eigenvalue weighted by Gasteiger charge is 2.30. The average molecular weight is 448 g/mol. The van der Waals surface area contributed by atoms with Gasteiger partial charge >= 0.3 is 0 Å². The van der Waals surface area contributed by atoms with Crippen LogP contribution in [0.15, 0.2) is 48.7 Å². The largest absolute Gasteiger partial charge is 0.337 e. The van der Waals surface area contributed by atoms with Gasteiger partial charge in [0, 0.05) is 52.0 Å². The number of piperazine rings is 1. The lowest BCUT2D eigenvalue weighted by atomic mass is 10.1. The zero-order valence-corrected chi connectivity index (χ0v) is 19.6. The third-order valence-corrected chi connectivity index (χ3v) is 6.96. The minimum atomic E-state index is 0.0922. The third-order valence-electron chi connectivity index (χ3n) is 6.96. The zero-order chi connectivity index (χ0) is 22.8. The van der Waals surface area contributed by atoms with Crippen LogP contribution in [0.5, 0.6) is 0 Å². The molecule has 0 saturated carbocycles. The molecule has 2 aliphatic heterocycles. The first-order valence-electron chi connectivity index (χ1n) is 11.9. The molecule has 8 heteroatoms. The zero-order valence-electron chi connectivity index (χ0n) is 19.6. The van der Waals surface area contributed by atoms with Crippen molar-refractivity contribution in [2.75, 3.05) is 59.9 Å². The molecule has 2 aliphatic rings. The van der Waals surface area contributed by atoms with Crippen LogP contribution >= 0.6 is 0 Å². The summed E-state index contributed by atoms with van der Waals surface area (Å²) in [5, 5.41) is 8.97. The summed E-state index contributed by atoms with van der Waals surface area (Å²) in [5.41, 5.74) is 2.81. The molecule has 1 atom stereocenters. The number of hydrogen-bond acceptors (Lipinski definition) is 6. The molecule has 1 aromatic carbocycles. The van der Waals surface area contributed by atoms with Gasteiger partial charge in [-0.05, 0) is 44.8 Å². The number of aromatic nitrogens is 3. The van der Waals surface area contributed by atoms with Gasteiger partial charge in [0.1, 0.15) is 0 Å². The molecule has 0 spiro atoms. The van der Waals surface area contributed by atoms with Crippen LogP contribution in [-0.2, 0) is 6.54 Å². The quantitative estimate of drug-likeness (QED) is 0.610. The van der Waals surface area contributed by atoms with Crippen LogP contribution in [0, 0.1) is 0 Å². The fourth-order valence-corrected chi connectivity index (χ4v) is 4.89. The summed E-state index contributed by atoms with van der Waals surface area (Å²) in [4.78, 5) is 22.3. The summed E-state index contributed by atoms with van der Waals surface area (Å²) < 4.78 is 2.02. The number of likely N-dealkylation sites (N-methyl/N-ethyl adjacent to an activating group) is 2. The summed E-state index contributed by atoms with van der Waals surface area (Å²) >= 11 is 0. The predicted octanol–water partition coefficient (Wildman–Crippen LogP) is 2.00. The molecule has 0 bridgehead atoms. The molecule has 2 saturated heterocycles. The molecule has 1 amide bonds. The SMILES string of the molecule is CN1CCCN(C(=O)c2ccc3nnc(C4CN(Cc5ccccc5)CCN4C)n3c2)CC1. The fraction of sp³-hybridized carbons (Fsp3) is 0.480. The number of fused-ring (bicyclic) bond motifs is 1. The molecular weight excluding hydrogens is 414 g/mol. The number of hydrogen-bond donors (Lipinski definition) is 0. The molecule has 3 aromatic rings. The van der Waals surface area contributed by atoms with Crippen molar-refractivity contribution in [2.45, 2.75) is 19.0 Å². The lowest BCUT2D eigenvalue weighted by Gasteiger charge is -2.38. The third kappa shape index (κ3) is 4.78. The van der Waals surface area contributed by atoms with Crippen LogP contribution in [0.3, 0.4) is 0 Å². The van der Waals surface area contributed by atoms with Crippen molar-refractivity contribution in [2.24, 2.45) is 0 Å². The minimum absolute atomic E-state index is 0.0922. The van der Waals surface area contributed by atoms with E-state index in [1.165, 1.54) is 5.56 Å². The van der Waals surface area contributed by atoms with Crippen molar-refractivity contribution >= 4 is 11.6 Å². The van der Waals surface area contributed by atoms with Gasteiger partial charge in [-0.15, -0.1) is 10.2 Å². The fourth-order valence-electron chi connectivity index (χ4n) is 4.89. The van der Waals surface area contributed by atoms with Crippen molar-refractivity contribution < 1.29 is 4.79 Å². The van der Waals surface area contributed by atoms with E-state index in [0.717, 1.165) is 70.3 Å². The Balaban J connectivity index is 1.38. The molecule has 5 rings (SSSR count). The van der Waals surface area contributed by atoms with Crippen molar-refractivity contribution in [3.05, 3.63) is 65.6 Å². The summed E-state index contributed by atoms with van der Waals surface area (Å²) in [5.74, 6) is 0.991. The second-order valence-corrected chi connectivity index (χ2v) is 9.37. The maximum absolute atomic E-state index is 13.3. The Hall–Kier alpha value is -2.81. The Bertz CT molecular complexity index is 1100. The van der Waals surface area contributed by atoms with Crippen LogP contribution < -0.4 is 0 Å². The van der Waals surface area contributed by atoms with Gasteiger partial charge in [0.2, 0.25) is 0 Å². The van der Waals surface area contributed by atoms with E-state index in [2.05, 4.69) is 69.3 Å². The van der Waals surface area contributed by atoms with Gasteiger partial charge in [0.05, 0.1) is 11.6 Å². The Labute approximate surface area is 195 Å². The number of amides is 1. The van der Waals surface area contributed by atoms with E-state index in [1.807, 2.05) is 27.6 Å². The average Bonchev–Trinajstić information content (AvgIpc) is 3.13. The second-order valence-electron chi connectivity index (χ2n) is 9.37. The first-order valence-corrected chi connectivity index (χ1v) is 11.9. The van der Waals surface area contributed by atoms with Gasteiger partial charge in [0.25, 0.3) is 5.91 Å². The number of pyridine rings is 1. The molecule has 0 radical (unpaired) electrons. The molecule has 0 N–H and O–H groups in total. The van der Waals surface area contributed by atoms with Gasteiger partial charge in [-0.3, -0.25) is 19.0 Å². The summed E-state index contributed by atoms with van der Waals surface area (Å²) in [7, 11) is 4.26. The van der Waals surface area contributed by atoms with Crippen LogP contribution in [0.2, 0.25) is 0 Å². The Morgan fingerprint density at radius 3 is 2.64 bits per heavy atom. The van der Waals surface area contributed by atoms with Crippen molar-refractivity contribution in [1.82, 2.24) is 34.2 Å². The molecular formula is C25H33N7O. The molecule has 4 heterocycles. The highest BCUT2D eigenvalue weighted by atomic mass is 16.2. The molecule has 1 unspecified atom stereocenters. The highest BCUT2D eigenvalue weighted by Crippen LogP contribution is 2.25. The monoisotopic (exact) mass is 447 g/mol. The van der Waals surface area contributed by atoms with Crippen LogP contribution in [0.25, 0.3) is 5.65 Å². The minimum Gasteiger partial charge on any atom is -0.337 e. The van der Waals surface area contributed by atoms with E-state index in [9.17, 15) is 4.79 Å². The molecule has 33 heavy (non-hydrogen) atoms. The van der Waals surface area contributed by atoms with Gasteiger partial charge in [-0.25, -0.2) is 0 Å². The lowest BCUT2D eigenvalue weighted by Crippen LogP contribution is -2.46. The molecule has 8 nitrogen and oxygen atoms in total. The van der Waals surface area contributed by atoms with Gasteiger partial charge in [0.15, 0.2) is 11.5 Å². The van der Waals surface area contributed by atoms with E-state index in [4.69, 9.17) is 0 Å². The van der Waals surface area contributed by atoms with Gasteiger partial charge in [-0.2, -0.15) is 0 Å². The number of carbonyl (C=O) groups is 1. The van der Waals surface area contributed by atoms with Crippen LogP contribution in [-0.4, -0.2) is 100 Å². The first-order chi connectivity index (χ1) is 16.1. The highest BCUT2D eigenvalue weighted by molar-refractivity contribution is 5.94. The maximum atomic E-state index is 13.3. The Kier molecular flexibility index (Phi) is 6.39. The van der Waals surface area contributed by atoms with Crippen LogP contribution in [0.1, 0.15) is 34.2 Å². The van der Waals surface area contributed by atoms with Crippen molar-refractivity contribution in [3.8, 4) is 0 Å². The van der Waals surface area contributed by atoms with Crippen molar-refractivity contribution in [1.29, 1.82) is 0 Å². The van der Waals surface area contributed by atoms with E-state index >= 15 is 0 Å². The summed E-state index contributed by atoms with van der Waals surface area (Å²) in [6.07, 6.45) is 2.94. The van der Waals surface area contributed by atoms with E-state index in [0.29, 0.717) is 5.56 Å². The number of benzene rings is 1.